The molecule has 3 rings (SSSR count). The van der Waals surface area contributed by atoms with Crippen molar-refractivity contribution in [3.8, 4) is 22.1 Å². The minimum Gasteiger partial charge on any atom is -0.332 e. The van der Waals surface area contributed by atoms with Crippen LogP contribution in [0.25, 0.3) is 22.1 Å². The molecule has 0 saturated heterocycles. The van der Waals surface area contributed by atoms with Gasteiger partial charge in [0.2, 0.25) is 0 Å². The molecule has 0 aliphatic rings. The van der Waals surface area contributed by atoms with Crippen molar-refractivity contribution in [2.75, 3.05) is 0 Å². The summed E-state index contributed by atoms with van der Waals surface area (Å²) in [6.45, 7) is 2.10. The minimum atomic E-state index is 0.913. The standard InChI is InChI=1S/C14H12BrN3S/c1-9-12(10-3-5-11(15)6-4-10)17-14(19-9)13-16-7-8-18(13)2/h3-8H,1-2H3. The predicted molar refractivity (Wildman–Crippen MR) is 82.2 cm³/mol. The Labute approximate surface area is 124 Å². The summed E-state index contributed by atoms with van der Waals surface area (Å²) in [6.07, 6.45) is 3.73. The molecule has 19 heavy (non-hydrogen) atoms. The highest BCUT2D eigenvalue weighted by atomic mass is 79.9. The molecule has 0 aliphatic heterocycles. The van der Waals surface area contributed by atoms with Gasteiger partial charge in [0.05, 0.1) is 5.69 Å². The molecule has 0 radical (unpaired) electrons. The lowest BCUT2D eigenvalue weighted by molar-refractivity contribution is 0.923. The molecule has 0 fully saturated rings. The van der Waals surface area contributed by atoms with Gasteiger partial charge in [0.1, 0.15) is 0 Å². The normalized spacial score (nSPS) is 10.9. The number of benzene rings is 1. The van der Waals surface area contributed by atoms with Crippen molar-refractivity contribution >= 4 is 27.3 Å². The summed E-state index contributed by atoms with van der Waals surface area (Å²) in [5.41, 5.74) is 2.17. The number of rotatable bonds is 2. The van der Waals surface area contributed by atoms with Crippen LogP contribution in [0.1, 0.15) is 4.88 Å². The first-order valence-corrected chi connectivity index (χ1v) is 7.47. The van der Waals surface area contributed by atoms with Gasteiger partial charge < -0.3 is 4.57 Å². The molecule has 0 unspecified atom stereocenters. The van der Waals surface area contributed by atoms with E-state index >= 15 is 0 Å². The third kappa shape index (κ3) is 2.35. The smallest absolute Gasteiger partial charge is 0.168 e. The summed E-state index contributed by atoms with van der Waals surface area (Å²) in [5, 5.41) is 0.961. The van der Waals surface area contributed by atoms with Gasteiger partial charge in [0, 0.05) is 34.4 Å². The molecule has 0 amide bonds. The molecule has 0 saturated carbocycles. The second-order valence-electron chi connectivity index (χ2n) is 4.29. The molecule has 1 aromatic carbocycles. The van der Waals surface area contributed by atoms with E-state index in [-0.39, 0.29) is 0 Å². The van der Waals surface area contributed by atoms with Gasteiger partial charge in [0.15, 0.2) is 10.8 Å². The molecule has 96 valence electrons. The van der Waals surface area contributed by atoms with Crippen LogP contribution in [0.5, 0.6) is 0 Å². The summed E-state index contributed by atoms with van der Waals surface area (Å²) in [6, 6.07) is 8.23. The number of aryl methyl sites for hydroxylation is 2. The first kappa shape index (κ1) is 12.6. The highest BCUT2D eigenvalue weighted by Gasteiger charge is 2.13. The lowest BCUT2D eigenvalue weighted by Gasteiger charge is -1.98. The van der Waals surface area contributed by atoms with Crippen molar-refractivity contribution in [3.05, 3.63) is 46.0 Å². The van der Waals surface area contributed by atoms with Crippen molar-refractivity contribution in [1.29, 1.82) is 0 Å². The van der Waals surface area contributed by atoms with Gasteiger partial charge in [-0.1, -0.05) is 28.1 Å². The van der Waals surface area contributed by atoms with Gasteiger partial charge in [-0.15, -0.1) is 11.3 Å². The molecule has 2 heterocycles. The second kappa shape index (κ2) is 4.90. The SMILES string of the molecule is Cc1sc(-c2nccn2C)nc1-c1ccc(Br)cc1. The van der Waals surface area contributed by atoms with E-state index in [9.17, 15) is 0 Å². The molecule has 0 N–H and O–H groups in total. The number of nitrogens with zero attached hydrogens (tertiary/aromatic N) is 3. The molecular weight excluding hydrogens is 322 g/mol. The number of hydrogen-bond donors (Lipinski definition) is 0. The summed E-state index contributed by atoms with van der Waals surface area (Å²) in [7, 11) is 1.98. The Kier molecular flexibility index (Phi) is 3.24. The van der Waals surface area contributed by atoms with Crippen LogP contribution >= 0.6 is 27.3 Å². The largest absolute Gasteiger partial charge is 0.332 e. The maximum absolute atomic E-state index is 4.73. The van der Waals surface area contributed by atoms with E-state index in [1.807, 2.05) is 29.9 Å². The summed E-state index contributed by atoms with van der Waals surface area (Å²) in [5.74, 6) is 0.913. The topological polar surface area (TPSA) is 30.7 Å². The van der Waals surface area contributed by atoms with Crippen LogP contribution in [-0.4, -0.2) is 14.5 Å². The van der Waals surface area contributed by atoms with Crippen LogP contribution < -0.4 is 0 Å². The van der Waals surface area contributed by atoms with Gasteiger partial charge in [-0.3, -0.25) is 0 Å². The fourth-order valence-electron chi connectivity index (χ4n) is 1.94. The quantitative estimate of drug-likeness (QED) is 0.700. The molecule has 0 spiro atoms. The first-order chi connectivity index (χ1) is 9.15. The molecule has 0 atom stereocenters. The van der Waals surface area contributed by atoms with E-state index in [1.54, 1.807) is 17.5 Å². The Morgan fingerprint density at radius 1 is 1.21 bits per heavy atom. The Morgan fingerprint density at radius 2 is 1.95 bits per heavy atom. The highest BCUT2D eigenvalue weighted by Crippen LogP contribution is 2.32. The van der Waals surface area contributed by atoms with Crippen LogP contribution in [0, 0.1) is 6.92 Å². The van der Waals surface area contributed by atoms with Crippen LogP contribution in [0.3, 0.4) is 0 Å². The van der Waals surface area contributed by atoms with Crippen LogP contribution in [0.4, 0.5) is 0 Å². The maximum atomic E-state index is 4.73. The number of aromatic nitrogens is 3. The van der Waals surface area contributed by atoms with Crippen LogP contribution in [0.15, 0.2) is 41.1 Å². The summed E-state index contributed by atoms with van der Waals surface area (Å²) < 4.78 is 3.07. The van der Waals surface area contributed by atoms with Crippen molar-refractivity contribution < 1.29 is 0 Å². The molecular formula is C14H12BrN3S. The molecule has 2 aromatic heterocycles. The zero-order valence-electron chi connectivity index (χ0n) is 10.6. The van der Waals surface area contributed by atoms with E-state index in [2.05, 4.69) is 40.0 Å². The third-order valence-corrected chi connectivity index (χ3v) is 4.42. The fraction of sp³-hybridized carbons (Fsp3) is 0.143. The first-order valence-electron chi connectivity index (χ1n) is 5.86. The van der Waals surface area contributed by atoms with Gasteiger partial charge in [-0.2, -0.15) is 0 Å². The monoisotopic (exact) mass is 333 g/mol. The molecule has 5 heteroatoms. The van der Waals surface area contributed by atoms with E-state index in [1.165, 1.54) is 4.88 Å². The van der Waals surface area contributed by atoms with Gasteiger partial charge in [-0.05, 0) is 19.1 Å². The van der Waals surface area contributed by atoms with Crippen LogP contribution in [-0.2, 0) is 7.05 Å². The zero-order valence-corrected chi connectivity index (χ0v) is 13.0. The van der Waals surface area contributed by atoms with E-state index in [0.717, 1.165) is 26.6 Å². The Bertz CT molecular complexity index is 713. The van der Waals surface area contributed by atoms with Crippen molar-refractivity contribution in [1.82, 2.24) is 14.5 Å². The molecule has 0 bridgehead atoms. The summed E-state index contributed by atoms with van der Waals surface area (Å²) in [4.78, 5) is 10.3. The number of hydrogen-bond acceptors (Lipinski definition) is 3. The lowest BCUT2D eigenvalue weighted by Crippen LogP contribution is -1.90. The Hall–Kier alpha value is -1.46. The maximum Gasteiger partial charge on any atom is 0.168 e. The average molecular weight is 334 g/mol. The molecule has 3 nitrogen and oxygen atoms in total. The fourth-order valence-corrected chi connectivity index (χ4v) is 3.18. The van der Waals surface area contributed by atoms with Gasteiger partial charge >= 0.3 is 0 Å². The number of thiazole rings is 1. The molecule has 3 aromatic rings. The third-order valence-electron chi connectivity index (χ3n) is 2.93. The molecule has 0 aliphatic carbocycles. The van der Waals surface area contributed by atoms with Gasteiger partial charge in [0.25, 0.3) is 0 Å². The highest BCUT2D eigenvalue weighted by molar-refractivity contribution is 9.10. The average Bonchev–Trinajstić information content (AvgIpc) is 2.96. The van der Waals surface area contributed by atoms with Crippen LogP contribution in [0.2, 0.25) is 0 Å². The predicted octanol–water partition coefficient (Wildman–Crippen LogP) is 4.28. The number of halogens is 1. The van der Waals surface area contributed by atoms with Crippen molar-refractivity contribution in [2.45, 2.75) is 6.92 Å². The lowest BCUT2D eigenvalue weighted by atomic mass is 10.1. The zero-order chi connectivity index (χ0) is 13.4. The van der Waals surface area contributed by atoms with Crippen molar-refractivity contribution in [2.24, 2.45) is 7.05 Å². The van der Waals surface area contributed by atoms with E-state index in [0.29, 0.717) is 0 Å². The number of imidazole rings is 1. The van der Waals surface area contributed by atoms with E-state index in [4.69, 9.17) is 4.98 Å². The second-order valence-corrected chi connectivity index (χ2v) is 6.41. The summed E-state index contributed by atoms with van der Waals surface area (Å²) >= 11 is 5.13. The minimum absolute atomic E-state index is 0.913. The Morgan fingerprint density at radius 3 is 2.58 bits per heavy atom. The van der Waals surface area contributed by atoms with E-state index < -0.39 is 0 Å². The van der Waals surface area contributed by atoms with Crippen molar-refractivity contribution in [3.63, 3.8) is 0 Å². The Balaban J connectivity index is 2.07. The van der Waals surface area contributed by atoms with Gasteiger partial charge in [-0.25, -0.2) is 9.97 Å².